The molecule has 0 atom stereocenters. The first kappa shape index (κ1) is 21.9. The molecule has 32 heavy (non-hydrogen) atoms. The minimum atomic E-state index is -0.179. The van der Waals surface area contributed by atoms with Crippen LogP contribution in [0.3, 0.4) is 0 Å². The highest BCUT2D eigenvalue weighted by atomic mass is 35.5. The molecule has 0 radical (unpaired) electrons. The van der Waals surface area contributed by atoms with Gasteiger partial charge in [0, 0.05) is 15.6 Å². The summed E-state index contributed by atoms with van der Waals surface area (Å²) in [6.07, 6.45) is 1.79. The summed E-state index contributed by atoms with van der Waals surface area (Å²) >= 11 is 12.4. The predicted molar refractivity (Wildman–Crippen MR) is 129 cm³/mol. The lowest BCUT2D eigenvalue weighted by Gasteiger charge is -2.13. The lowest BCUT2D eigenvalue weighted by Crippen LogP contribution is -2.21. The Balaban J connectivity index is 1.56. The van der Waals surface area contributed by atoms with Crippen molar-refractivity contribution >= 4 is 46.6 Å². The number of hydrogen-bond acceptors (Lipinski definition) is 4. The van der Waals surface area contributed by atoms with Crippen molar-refractivity contribution < 1.29 is 14.3 Å². The second kappa shape index (κ2) is 9.47. The number of methoxy groups -OCH3 is 1. The summed E-state index contributed by atoms with van der Waals surface area (Å²) in [7, 11) is 1.56. The van der Waals surface area contributed by atoms with Crippen LogP contribution in [0.1, 0.15) is 18.1 Å². The van der Waals surface area contributed by atoms with E-state index in [1.165, 1.54) is 5.01 Å². The fourth-order valence-corrected chi connectivity index (χ4v) is 3.82. The van der Waals surface area contributed by atoms with E-state index in [0.29, 0.717) is 38.4 Å². The molecule has 1 amide bonds. The normalized spacial score (nSPS) is 14.6. The fraction of sp³-hybridized carbons (Fsp3) is 0.120. The van der Waals surface area contributed by atoms with Crippen LogP contribution in [0, 0.1) is 0 Å². The van der Waals surface area contributed by atoms with Gasteiger partial charge in [0.1, 0.15) is 6.61 Å². The van der Waals surface area contributed by atoms with E-state index >= 15 is 0 Å². The van der Waals surface area contributed by atoms with Crippen molar-refractivity contribution in [2.24, 2.45) is 5.10 Å². The molecule has 3 aromatic carbocycles. The Labute approximate surface area is 196 Å². The molecule has 1 heterocycles. The molecule has 4 rings (SSSR count). The number of rotatable bonds is 6. The second-order valence-corrected chi connectivity index (χ2v) is 7.91. The van der Waals surface area contributed by atoms with Gasteiger partial charge in [-0.3, -0.25) is 4.79 Å². The molecular weight excluding hydrogens is 447 g/mol. The van der Waals surface area contributed by atoms with E-state index in [9.17, 15) is 4.79 Å². The Kier molecular flexibility index (Phi) is 6.49. The number of nitrogens with zero attached hydrogens (tertiary/aromatic N) is 2. The molecule has 3 aromatic rings. The van der Waals surface area contributed by atoms with Crippen LogP contribution in [0.2, 0.25) is 10.0 Å². The minimum absolute atomic E-state index is 0.179. The molecule has 0 saturated carbocycles. The van der Waals surface area contributed by atoms with Crippen LogP contribution in [0.5, 0.6) is 11.5 Å². The van der Waals surface area contributed by atoms with E-state index in [2.05, 4.69) is 5.10 Å². The highest BCUT2D eigenvalue weighted by Gasteiger charge is 2.28. The Morgan fingerprint density at radius 2 is 1.69 bits per heavy atom. The van der Waals surface area contributed by atoms with Gasteiger partial charge in [0.15, 0.2) is 11.5 Å². The van der Waals surface area contributed by atoms with Crippen LogP contribution in [-0.4, -0.2) is 18.7 Å². The average molecular weight is 467 g/mol. The monoisotopic (exact) mass is 466 g/mol. The van der Waals surface area contributed by atoms with Crippen LogP contribution in [0.4, 0.5) is 5.69 Å². The Morgan fingerprint density at radius 3 is 2.38 bits per heavy atom. The molecule has 162 valence electrons. The van der Waals surface area contributed by atoms with Gasteiger partial charge in [0.05, 0.1) is 24.1 Å². The van der Waals surface area contributed by atoms with Crippen LogP contribution >= 0.6 is 23.2 Å². The van der Waals surface area contributed by atoms with Crippen molar-refractivity contribution in [1.82, 2.24) is 0 Å². The number of anilines is 1. The van der Waals surface area contributed by atoms with Crippen LogP contribution in [0.15, 0.2) is 77.4 Å². The molecule has 0 aliphatic carbocycles. The molecule has 0 aromatic heterocycles. The molecule has 0 saturated heterocycles. The lowest BCUT2D eigenvalue weighted by molar-refractivity contribution is -0.114. The first-order valence-electron chi connectivity index (χ1n) is 9.88. The molecule has 1 aliphatic heterocycles. The Hall–Kier alpha value is -3.28. The molecule has 0 spiro atoms. The molecule has 1 aliphatic rings. The zero-order chi connectivity index (χ0) is 22.7. The number of halogens is 2. The number of ether oxygens (including phenoxy) is 2. The van der Waals surface area contributed by atoms with Gasteiger partial charge in [-0.1, -0.05) is 53.5 Å². The lowest BCUT2D eigenvalue weighted by atomic mass is 10.1. The van der Waals surface area contributed by atoms with Gasteiger partial charge in [-0.15, -0.1) is 0 Å². The van der Waals surface area contributed by atoms with Gasteiger partial charge in [-0.05, 0) is 55.0 Å². The molecule has 0 fully saturated rings. The van der Waals surface area contributed by atoms with Crippen LogP contribution < -0.4 is 14.5 Å². The summed E-state index contributed by atoms with van der Waals surface area (Å²) in [5.74, 6) is 0.892. The van der Waals surface area contributed by atoms with E-state index in [1.54, 1.807) is 37.5 Å². The number of benzene rings is 3. The third-order valence-electron chi connectivity index (χ3n) is 5.00. The predicted octanol–water partition coefficient (Wildman–Crippen LogP) is 6.39. The largest absolute Gasteiger partial charge is 0.493 e. The highest BCUT2D eigenvalue weighted by Crippen LogP contribution is 2.33. The van der Waals surface area contributed by atoms with Crippen molar-refractivity contribution in [3.05, 3.63) is 93.5 Å². The van der Waals surface area contributed by atoms with Gasteiger partial charge in [0.25, 0.3) is 5.91 Å². The van der Waals surface area contributed by atoms with E-state index < -0.39 is 0 Å². The van der Waals surface area contributed by atoms with Gasteiger partial charge in [-0.25, -0.2) is 0 Å². The number of amides is 1. The number of carbonyl (C=O) groups excluding carboxylic acids is 1. The maximum Gasteiger partial charge on any atom is 0.280 e. The van der Waals surface area contributed by atoms with Gasteiger partial charge in [0.2, 0.25) is 0 Å². The van der Waals surface area contributed by atoms with E-state index in [0.717, 1.165) is 11.3 Å². The fourth-order valence-electron chi connectivity index (χ4n) is 3.31. The SMILES string of the molecule is COc1cc(/C=C2/C(=O)N(c3ccccc3)N=C2C)ccc1OCc1c(Cl)cccc1Cl. The smallest absolute Gasteiger partial charge is 0.280 e. The Morgan fingerprint density at radius 1 is 0.969 bits per heavy atom. The summed E-state index contributed by atoms with van der Waals surface area (Å²) in [5.41, 5.74) is 3.38. The van der Waals surface area contributed by atoms with E-state index in [1.807, 2.05) is 49.4 Å². The first-order valence-corrected chi connectivity index (χ1v) is 10.6. The molecular formula is C25H20Cl2N2O3. The van der Waals surface area contributed by atoms with Crippen molar-refractivity contribution in [2.75, 3.05) is 12.1 Å². The first-order chi connectivity index (χ1) is 15.5. The van der Waals surface area contributed by atoms with Crippen molar-refractivity contribution in [1.29, 1.82) is 0 Å². The topological polar surface area (TPSA) is 51.1 Å². The maximum atomic E-state index is 12.9. The van der Waals surface area contributed by atoms with Gasteiger partial charge >= 0.3 is 0 Å². The average Bonchev–Trinajstić information content (AvgIpc) is 3.08. The number of hydrogen-bond donors (Lipinski definition) is 0. The zero-order valence-electron chi connectivity index (χ0n) is 17.5. The summed E-state index contributed by atoms with van der Waals surface area (Å²) in [6, 6.07) is 20.1. The molecule has 5 nitrogen and oxygen atoms in total. The van der Waals surface area contributed by atoms with Crippen molar-refractivity contribution in [3.63, 3.8) is 0 Å². The van der Waals surface area contributed by atoms with E-state index in [4.69, 9.17) is 32.7 Å². The molecule has 0 N–H and O–H groups in total. The van der Waals surface area contributed by atoms with Crippen molar-refractivity contribution in [2.45, 2.75) is 13.5 Å². The number of para-hydroxylation sites is 1. The quantitative estimate of drug-likeness (QED) is 0.395. The van der Waals surface area contributed by atoms with Crippen molar-refractivity contribution in [3.8, 4) is 11.5 Å². The molecule has 0 unspecified atom stereocenters. The standard InChI is InChI=1S/C25H20Cl2N2O3/c1-16-19(25(30)29(28-16)18-7-4-3-5-8-18)13-17-11-12-23(24(14-17)31-2)32-15-20-21(26)9-6-10-22(20)27/h3-14H,15H2,1-2H3/b19-13+. The van der Waals surface area contributed by atoms with Gasteiger partial charge < -0.3 is 9.47 Å². The molecule has 7 heteroatoms. The summed E-state index contributed by atoms with van der Waals surface area (Å²) < 4.78 is 11.4. The van der Waals surface area contributed by atoms with Crippen LogP contribution in [0.25, 0.3) is 6.08 Å². The number of hydrazone groups is 1. The Bertz CT molecular complexity index is 1200. The summed E-state index contributed by atoms with van der Waals surface area (Å²) in [4.78, 5) is 12.9. The number of carbonyl (C=O) groups is 1. The summed E-state index contributed by atoms with van der Waals surface area (Å²) in [5, 5.41) is 6.89. The molecule has 0 bridgehead atoms. The van der Waals surface area contributed by atoms with Crippen LogP contribution in [-0.2, 0) is 11.4 Å². The maximum absolute atomic E-state index is 12.9. The second-order valence-electron chi connectivity index (χ2n) is 7.10. The summed E-state index contributed by atoms with van der Waals surface area (Å²) in [6.45, 7) is 2.01. The van der Waals surface area contributed by atoms with Gasteiger partial charge in [-0.2, -0.15) is 10.1 Å². The third-order valence-corrected chi connectivity index (χ3v) is 5.70. The minimum Gasteiger partial charge on any atom is -0.493 e. The third kappa shape index (κ3) is 4.49. The zero-order valence-corrected chi connectivity index (χ0v) is 19.0. The highest BCUT2D eigenvalue weighted by molar-refractivity contribution is 6.36. The van der Waals surface area contributed by atoms with E-state index in [-0.39, 0.29) is 12.5 Å².